The summed E-state index contributed by atoms with van der Waals surface area (Å²) >= 11 is 6.03. The van der Waals surface area contributed by atoms with Crippen molar-refractivity contribution in [1.29, 1.82) is 0 Å². The lowest BCUT2D eigenvalue weighted by Crippen LogP contribution is -2.05. The number of methoxy groups -OCH3 is 1. The van der Waals surface area contributed by atoms with Gasteiger partial charge in [0.25, 0.3) is 0 Å². The van der Waals surface area contributed by atoms with E-state index in [1.54, 1.807) is 36.4 Å². The summed E-state index contributed by atoms with van der Waals surface area (Å²) in [5.41, 5.74) is 0.944. The van der Waals surface area contributed by atoms with Crippen molar-refractivity contribution in [3.8, 4) is 17.1 Å². The van der Waals surface area contributed by atoms with Gasteiger partial charge in [-0.15, -0.1) is 0 Å². The van der Waals surface area contributed by atoms with Crippen LogP contribution >= 0.6 is 11.6 Å². The number of hydrogen-bond donors (Lipinski definition) is 1. The van der Waals surface area contributed by atoms with Crippen LogP contribution in [0.1, 0.15) is 5.56 Å². The van der Waals surface area contributed by atoms with Gasteiger partial charge in [0.05, 0.1) is 24.5 Å². The number of hydrogen-bond acceptors (Lipinski definition) is 4. The first-order valence-electron chi connectivity index (χ1n) is 7.11. The van der Waals surface area contributed by atoms with E-state index in [-0.39, 0.29) is 23.2 Å². The molecule has 0 radical (unpaired) electrons. The molecule has 0 saturated carbocycles. The predicted molar refractivity (Wildman–Crippen MR) is 90.8 cm³/mol. The summed E-state index contributed by atoms with van der Waals surface area (Å²) in [4.78, 5) is 23.5. The van der Waals surface area contributed by atoms with Crippen LogP contribution in [-0.2, 0) is 11.2 Å². The summed E-state index contributed by atoms with van der Waals surface area (Å²) in [7, 11) is 1.50. The summed E-state index contributed by atoms with van der Waals surface area (Å²) < 4.78 is 11.1. The van der Waals surface area contributed by atoms with Gasteiger partial charge in [0.1, 0.15) is 17.1 Å². The van der Waals surface area contributed by atoms with E-state index in [0.29, 0.717) is 27.3 Å². The summed E-state index contributed by atoms with van der Waals surface area (Å²) in [5, 5.41) is 9.84. The van der Waals surface area contributed by atoms with Gasteiger partial charge in [-0.25, -0.2) is 0 Å². The summed E-state index contributed by atoms with van der Waals surface area (Å²) in [6.45, 7) is 0. The zero-order chi connectivity index (χ0) is 17.3. The van der Waals surface area contributed by atoms with Gasteiger partial charge < -0.3 is 14.3 Å². The van der Waals surface area contributed by atoms with Gasteiger partial charge in [-0.1, -0.05) is 23.7 Å². The fourth-order valence-electron chi connectivity index (χ4n) is 2.54. The van der Waals surface area contributed by atoms with Gasteiger partial charge in [-0.3, -0.25) is 9.59 Å². The molecule has 0 atom stereocenters. The Balaban J connectivity index is 2.29. The SMILES string of the molecule is COc1ccc(Cl)cc1-c1cc(=O)c2cccc(CC(=O)O)c2o1. The number of carboxylic acids is 1. The summed E-state index contributed by atoms with van der Waals surface area (Å²) in [5.74, 6) is -0.238. The van der Waals surface area contributed by atoms with Crippen LogP contribution in [0, 0.1) is 0 Å². The quantitative estimate of drug-likeness (QED) is 0.780. The van der Waals surface area contributed by atoms with Gasteiger partial charge in [0, 0.05) is 16.7 Å². The molecule has 24 heavy (non-hydrogen) atoms. The Morgan fingerprint density at radius 2 is 2.04 bits per heavy atom. The Morgan fingerprint density at radius 1 is 1.25 bits per heavy atom. The van der Waals surface area contributed by atoms with Crippen LogP contribution in [0.4, 0.5) is 0 Å². The van der Waals surface area contributed by atoms with Crippen LogP contribution < -0.4 is 10.2 Å². The highest BCUT2D eigenvalue weighted by Crippen LogP contribution is 2.33. The largest absolute Gasteiger partial charge is 0.496 e. The lowest BCUT2D eigenvalue weighted by atomic mass is 10.1. The third-order valence-electron chi connectivity index (χ3n) is 3.60. The average Bonchev–Trinajstić information content (AvgIpc) is 2.55. The van der Waals surface area contributed by atoms with Crippen LogP contribution in [-0.4, -0.2) is 18.2 Å². The maximum Gasteiger partial charge on any atom is 0.307 e. The van der Waals surface area contributed by atoms with Crippen LogP contribution in [0.2, 0.25) is 5.02 Å². The second-order valence-corrected chi connectivity index (χ2v) is 5.62. The minimum atomic E-state index is -1.00. The van der Waals surface area contributed by atoms with Gasteiger partial charge in [-0.05, 0) is 24.3 Å². The zero-order valence-corrected chi connectivity index (χ0v) is 13.5. The van der Waals surface area contributed by atoms with E-state index in [0.717, 1.165) is 0 Å². The maximum absolute atomic E-state index is 12.4. The second-order valence-electron chi connectivity index (χ2n) is 5.18. The minimum absolute atomic E-state index is 0.240. The molecule has 0 unspecified atom stereocenters. The number of carbonyl (C=O) groups is 1. The molecule has 0 saturated heterocycles. The zero-order valence-electron chi connectivity index (χ0n) is 12.7. The van der Waals surface area contributed by atoms with Gasteiger partial charge in [-0.2, -0.15) is 0 Å². The highest BCUT2D eigenvalue weighted by Gasteiger charge is 2.15. The molecule has 0 aliphatic heterocycles. The lowest BCUT2D eigenvalue weighted by Gasteiger charge is -2.10. The number of ether oxygens (including phenoxy) is 1. The number of fused-ring (bicyclic) bond motifs is 1. The third kappa shape index (κ3) is 2.98. The van der Waals surface area contributed by atoms with Crippen LogP contribution in [0.25, 0.3) is 22.3 Å². The van der Waals surface area contributed by atoms with E-state index in [4.69, 9.17) is 25.9 Å². The average molecular weight is 345 g/mol. The number of aliphatic carboxylic acids is 1. The molecule has 122 valence electrons. The number of carboxylic acid groups (broad SMARTS) is 1. The predicted octanol–water partition coefficient (Wildman–Crippen LogP) is 3.75. The third-order valence-corrected chi connectivity index (χ3v) is 3.84. The number of rotatable bonds is 4. The fourth-order valence-corrected chi connectivity index (χ4v) is 2.72. The second kappa shape index (κ2) is 6.37. The molecule has 0 fully saturated rings. The Morgan fingerprint density at radius 3 is 2.75 bits per heavy atom. The fraction of sp³-hybridized carbons (Fsp3) is 0.111. The van der Waals surface area contributed by atoms with Gasteiger partial charge >= 0.3 is 5.97 Å². The van der Waals surface area contributed by atoms with Crippen LogP contribution in [0.5, 0.6) is 5.75 Å². The molecule has 2 aromatic carbocycles. The number of para-hydroxylation sites is 1. The van der Waals surface area contributed by atoms with Crippen molar-refractivity contribution in [3.05, 3.63) is 63.3 Å². The topological polar surface area (TPSA) is 76.7 Å². The van der Waals surface area contributed by atoms with Crippen molar-refractivity contribution < 1.29 is 19.1 Å². The molecule has 1 N–H and O–H groups in total. The van der Waals surface area contributed by atoms with Crippen LogP contribution in [0.3, 0.4) is 0 Å². The molecule has 0 aliphatic rings. The highest BCUT2D eigenvalue weighted by molar-refractivity contribution is 6.30. The maximum atomic E-state index is 12.4. The van der Waals surface area contributed by atoms with Crippen LogP contribution in [0.15, 0.2) is 51.7 Å². The summed E-state index contributed by atoms with van der Waals surface area (Å²) in [6.07, 6.45) is -0.240. The molecule has 6 heteroatoms. The van der Waals surface area contributed by atoms with Crippen molar-refractivity contribution >= 4 is 28.5 Å². The van der Waals surface area contributed by atoms with Crippen molar-refractivity contribution in [2.24, 2.45) is 0 Å². The van der Waals surface area contributed by atoms with Crippen molar-refractivity contribution in [2.75, 3.05) is 7.11 Å². The normalized spacial score (nSPS) is 10.8. The Kier molecular flexibility index (Phi) is 4.27. The smallest absolute Gasteiger partial charge is 0.307 e. The van der Waals surface area contributed by atoms with Gasteiger partial charge in [0.2, 0.25) is 0 Å². The Bertz CT molecular complexity index is 990. The van der Waals surface area contributed by atoms with E-state index < -0.39 is 5.97 Å². The van der Waals surface area contributed by atoms with E-state index >= 15 is 0 Å². The van der Waals surface area contributed by atoms with Gasteiger partial charge in [0.15, 0.2) is 5.43 Å². The molecule has 3 rings (SSSR count). The molecule has 1 aromatic heterocycles. The molecule has 0 amide bonds. The Hall–Kier alpha value is -2.79. The first-order chi connectivity index (χ1) is 11.5. The molecule has 0 aliphatic carbocycles. The van der Waals surface area contributed by atoms with E-state index in [2.05, 4.69) is 0 Å². The number of halogens is 1. The molecule has 0 bridgehead atoms. The standard InChI is InChI=1S/C18H13ClO5/c1-23-15-6-5-11(19)8-13(15)16-9-14(20)12-4-2-3-10(7-17(21)22)18(12)24-16/h2-6,8-9H,7H2,1H3,(H,21,22). The summed E-state index contributed by atoms with van der Waals surface area (Å²) in [6, 6.07) is 11.2. The first kappa shape index (κ1) is 16.1. The van der Waals surface area contributed by atoms with E-state index in [9.17, 15) is 9.59 Å². The number of benzene rings is 2. The Labute approximate surface area is 142 Å². The monoisotopic (exact) mass is 344 g/mol. The minimum Gasteiger partial charge on any atom is -0.496 e. The molecule has 0 spiro atoms. The van der Waals surface area contributed by atoms with E-state index in [1.807, 2.05) is 0 Å². The highest BCUT2D eigenvalue weighted by atomic mass is 35.5. The van der Waals surface area contributed by atoms with Crippen molar-refractivity contribution in [1.82, 2.24) is 0 Å². The van der Waals surface area contributed by atoms with Crippen molar-refractivity contribution in [3.63, 3.8) is 0 Å². The molecular formula is C18H13ClO5. The van der Waals surface area contributed by atoms with Crippen molar-refractivity contribution in [2.45, 2.75) is 6.42 Å². The molecule has 5 nitrogen and oxygen atoms in total. The van der Waals surface area contributed by atoms with E-state index in [1.165, 1.54) is 13.2 Å². The molecular weight excluding hydrogens is 332 g/mol. The molecule has 1 heterocycles. The first-order valence-corrected chi connectivity index (χ1v) is 7.49. The molecule has 3 aromatic rings. The lowest BCUT2D eigenvalue weighted by molar-refractivity contribution is -0.136.